The van der Waals surface area contributed by atoms with Crippen LogP contribution in [0.2, 0.25) is 0 Å². The third kappa shape index (κ3) is 7.91. The van der Waals surface area contributed by atoms with Gasteiger partial charge in [0.1, 0.15) is 0 Å². The number of aromatic hydroxyl groups is 2. The van der Waals surface area contributed by atoms with Gasteiger partial charge in [-0.1, -0.05) is 80.6 Å². The number of ketones is 2. The summed E-state index contributed by atoms with van der Waals surface area (Å²) in [5, 5.41) is 25.4. The fraction of sp³-hybridized carbons (Fsp3) is 0.267. The van der Waals surface area contributed by atoms with E-state index in [-0.39, 0.29) is 35.1 Å². The van der Waals surface area contributed by atoms with Crippen LogP contribution in [-0.2, 0) is 14.4 Å². The normalized spacial score (nSPS) is 12.7. The summed E-state index contributed by atoms with van der Waals surface area (Å²) < 4.78 is 0. The Hall–Kier alpha value is -4.66. The topological polar surface area (TPSA) is 149 Å². The lowest BCUT2D eigenvalue weighted by Crippen LogP contribution is -2.45. The van der Waals surface area contributed by atoms with Gasteiger partial charge in [0.2, 0.25) is 17.7 Å². The maximum atomic E-state index is 13.2. The second-order valence-corrected chi connectivity index (χ2v) is 9.60. The molecule has 0 aliphatic rings. The van der Waals surface area contributed by atoms with Gasteiger partial charge in [-0.05, 0) is 30.0 Å². The second-order valence-electron chi connectivity index (χ2n) is 9.60. The number of aromatic nitrogens is 1. The Kier molecular flexibility index (Phi) is 9.80. The predicted molar refractivity (Wildman–Crippen MR) is 147 cm³/mol. The van der Waals surface area contributed by atoms with E-state index in [4.69, 9.17) is 0 Å². The van der Waals surface area contributed by atoms with E-state index in [0.29, 0.717) is 5.56 Å². The number of rotatable bonds is 12. The number of H-pyrrole nitrogens is 1. The minimum atomic E-state index is -0.992. The number of hydrogen-bond acceptors (Lipinski definition) is 6. The Morgan fingerprint density at radius 1 is 0.872 bits per heavy atom. The van der Waals surface area contributed by atoms with E-state index in [0.717, 1.165) is 5.56 Å². The lowest BCUT2D eigenvalue weighted by Gasteiger charge is -2.24. The van der Waals surface area contributed by atoms with Crippen LogP contribution in [0.1, 0.15) is 59.8 Å². The summed E-state index contributed by atoms with van der Waals surface area (Å²) in [6, 6.07) is 16.3. The van der Waals surface area contributed by atoms with Crippen molar-refractivity contribution in [2.24, 2.45) is 5.92 Å². The molecular formula is C30H33N3O6. The Balaban J connectivity index is 1.70. The quantitative estimate of drug-likeness (QED) is 0.136. The first-order chi connectivity index (χ1) is 18.6. The molecule has 0 radical (unpaired) electrons. The van der Waals surface area contributed by atoms with Gasteiger partial charge in [-0.2, -0.15) is 0 Å². The Morgan fingerprint density at radius 3 is 2.05 bits per heavy atom. The molecule has 1 heterocycles. The van der Waals surface area contributed by atoms with Crippen LogP contribution in [0, 0.1) is 12.8 Å². The van der Waals surface area contributed by atoms with Crippen molar-refractivity contribution in [1.82, 2.24) is 15.6 Å². The lowest BCUT2D eigenvalue weighted by molar-refractivity contribution is -0.127. The number of carbonyl (C=O) groups is 4. The molecule has 9 heteroatoms. The number of hydrogen-bond donors (Lipinski definition) is 5. The molecular weight excluding hydrogens is 498 g/mol. The van der Waals surface area contributed by atoms with Gasteiger partial charge in [0.25, 0.3) is 0 Å². The van der Waals surface area contributed by atoms with E-state index in [1.54, 1.807) is 50.3 Å². The second kappa shape index (κ2) is 13.2. The first kappa shape index (κ1) is 28.9. The van der Waals surface area contributed by atoms with Crippen LogP contribution >= 0.6 is 0 Å². The first-order valence-corrected chi connectivity index (χ1v) is 12.6. The third-order valence-corrected chi connectivity index (χ3v) is 6.24. The van der Waals surface area contributed by atoms with Gasteiger partial charge in [-0.3, -0.25) is 24.2 Å². The highest BCUT2D eigenvalue weighted by atomic mass is 16.3. The van der Waals surface area contributed by atoms with Gasteiger partial charge in [-0.15, -0.1) is 0 Å². The number of nitrogens with one attached hydrogen (secondary N) is 3. The summed E-state index contributed by atoms with van der Waals surface area (Å²) in [5.41, 5.74) is 1.57. The number of carbonyl (C=O) groups excluding carboxylic acids is 4. The molecule has 204 valence electrons. The fourth-order valence-electron chi connectivity index (χ4n) is 4.13. The molecule has 3 rings (SSSR count). The molecule has 5 N–H and O–H groups in total. The average molecular weight is 532 g/mol. The molecule has 0 spiro atoms. The highest BCUT2D eigenvalue weighted by Gasteiger charge is 2.31. The molecule has 0 aliphatic carbocycles. The standard InChI is InChI=1S/C30H33N3O6/c1-18(2)27(28(37)26-19(3)29(38)33-30(26)39)32-25(36)17-23(21-12-8-5-9-13-21)31-24(35)16-22(34)15-14-20-10-6-4-7-11-20/h4-15,18,23,27,33,38-39H,16-17H2,1-3H3,(H,31,35)(H,32,36)/t23-,27-/m0/s1. The molecule has 0 saturated carbocycles. The zero-order valence-corrected chi connectivity index (χ0v) is 22.1. The molecule has 0 bridgehead atoms. The maximum Gasteiger partial charge on any atom is 0.228 e. The molecule has 9 nitrogen and oxygen atoms in total. The molecule has 2 amide bonds. The summed E-state index contributed by atoms with van der Waals surface area (Å²) >= 11 is 0. The largest absolute Gasteiger partial charge is 0.494 e. The lowest BCUT2D eigenvalue weighted by atomic mass is 9.93. The number of aromatic amines is 1. The average Bonchev–Trinajstić information content (AvgIpc) is 3.16. The highest BCUT2D eigenvalue weighted by molar-refractivity contribution is 6.06. The first-order valence-electron chi connectivity index (χ1n) is 12.6. The van der Waals surface area contributed by atoms with E-state index in [1.807, 2.05) is 30.3 Å². The van der Waals surface area contributed by atoms with Crippen LogP contribution in [0.25, 0.3) is 6.08 Å². The molecule has 3 aromatic rings. The van der Waals surface area contributed by atoms with Crippen molar-refractivity contribution in [3.05, 3.63) is 89.0 Å². The van der Waals surface area contributed by atoms with E-state index >= 15 is 0 Å². The fourth-order valence-corrected chi connectivity index (χ4v) is 4.13. The Bertz CT molecular complexity index is 1350. The van der Waals surface area contributed by atoms with Crippen LogP contribution in [0.3, 0.4) is 0 Å². The summed E-state index contributed by atoms with van der Waals surface area (Å²) in [4.78, 5) is 53.7. The van der Waals surface area contributed by atoms with Crippen LogP contribution in [0.15, 0.2) is 66.7 Å². The minimum Gasteiger partial charge on any atom is -0.494 e. The Labute approximate surface area is 227 Å². The minimum absolute atomic E-state index is 0.0959. The van der Waals surface area contributed by atoms with Crippen molar-refractivity contribution in [2.45, 2.75) is 45.7 Å². The van der Waals surface area contributed by atoms with Gasteiger partial charge in [0.15, 0.2) is 17.4 Å². The van der Waals surface area contributed by atoms with Gasteiger partial charge in [-0.25, -0.2) is 0 Å². The van der Waals surface area contributed by atoms with Crippen molar-refractivity contribution in [2.75, 3.05) is 0 Å². The van der Waals surface area contributed by atoms with Gasteiger partial charge < -0.3 is 20.8 Å². The molecule has 1 aromatic heterocycles. The maximum absolute atomic E-state index is 13.2. The predicted octanol–water partition coefficient (Wildman–Crippen LogP) is 3.98. The molecule has 0 fully saturated rings. The zero-order valence-electron chi connectivity index (χ0n) is 22.1. The van der Waals surface area contributed by atoms with Crippen molar-refractivity contribution in [1.29, 1.82) is 0 Å². The number of allylic oxidation sites excluding steroid dienone is 1. The molecule has 39 heavy (non-hydrogen) atoms. The summed E-state index contributed by atoms with van der Waals surface area (Å²) in [5.74, 6) is -3.14. The van der Waals surface area contributed by atoms with E-state index < -0.39 is 42.0 Å². The zero-order chi connectivity index (χ0) is 28.5. The number of Topliss-reactive ketones (excluding diaryl/α,β-unsaturated/α-hetero) is 1. The van der Waals surface area contributed by atoms with Crippen molar-refractivity contribution >= 4 is 29.5 Å². The molecule has 0 unspecified atom stereocenters. The smallest absolute Gasteiger partial charge is 0.228 e. The Morgan fingerprint density at radius 2 is 1.49 bits per heavy atom. The van der Waals surface area contributed by atoms with Gasteiger partial charge in [0, 0.05) is 5.56 Å². The van der Waals surface area contributed by atoms with Crippen molar-refractivity contribution in [3.63, 3.8) is 0 Å². The van der Waals surface area contributed by atoms with Crippen LogP contribution in [0.5, 0.6) is 11.8 Å². The summed E-state index contributed by atoms with van der Waals surface area (Å²) in [6.45, 7) is 4.97. The summed E-state index contributed by atoms with van der Waals surface area (Å²) in [6.07, 6.45) is 2.39. The van der Waals surface area contributed by atoms with Crippen molar-refractivity contribution < 1.29 is 29.4 Å². The van der Waals surface area contributed by atoms with Gasteiger partial charge in [0.05, 0.1) is 30.5 Å². The van der Waals surface area contributed by atoms with Crippen molar-refractivity contribution in [3.8, 4) is 11.8 Å². The third-order valence-electron chi connectivity index (χ3n) is 6.24. The van der Waals surface area contributed by atoms with Crippen LogP contribution in [0.4, 0.5) is 0 Å². The summed E-state index contributed by atoms with van der Waals surface area (Å²) in [7, 11) is 0. The molecule has 0 saturated heterocycles. The van der Waals surface area contributed by atoms with Crippen LogP contribution < -0.4 is 10.6 Å². The van der Waals surface area contributed by atoms with E-state index in [1.165, 1.54) is 13.0 Å². The number of benzene rings is 2. The van der Waals surface area contributed by atoms with Crippen LogP contribution in [-0.4, -0.2) is 44.6 Å². The van der Waals surface area contributed by atoms with E-state index in [9.17, 15) is 29.4 Å². The molecule has 2 atom stereocenters. The highest BCUT2D eigenvalue weighted by Crippen LogP contribution is 2.30. The molecule has 0 aliphatic heterocycles. The molecule has 2 aromatic carbocycles. The van der Waals surface area contributed by atoms with E-state index in [2.05, 4.69) is 15.6 Å². The SMILES string of the molecule is Cc1c(O)[nH]c(O)c1C(=O)[C@@H](NC(=O)C[C@H](NC(=O)CC(=O)C=Cc1ccccc1)c1ccccc1)C(C)C. The number of amides is 2. The van der Waals surface area contributed by atoms with Gasteiger partial charge >= 0.3 is 0 Å². The monoisotopic (exact) mass is 531 g/mol.